The van der Waals surface area contributed by atoms with E-state index in [2.05, 4.69) is 10.6 Å². The Bertz CT molecular complexity index is 776. The van der Waals surface area contributed by atoms with Gasteiger partial charge in [-0.25, -0.2) is 4.79 Å². The van der Waals surface area contributed by atoms with Crippen molar-refractivity contribution in [2.24, 2.45) is 0 Å². The second-order valence-corrected chi connectivity index (χ2v) is 7.38. The van der Waals surface area contributed by atoms with Crippen molar-refractivity contribution in [3.8, 4) is 0 Å². The smallest absolute Gasteiger partial charge is 0.315 e. The molecule has 0 spiro atoms. The maximum atomic E-state index is 12.8. The second-order valence-electron chi connectivity index (χ2n) is 7.38. The van der Waals surface area contributed by atoms with Crippen LogP contribution in [-0.4, -0.2) is 35.9 Å². The van der Waals surface area contributed by atoms with Gasteiger partial charge in [0.2, 0.25) is 0 Å². The summed E-state index contributed by atoms with van der Waals surface area (Å²) in [6.45, 7) is 0.701. The van der Waals surface area contributed by atoms with Gasteiger partial charge in [0.15, 0.2) is 0 Å². The van der Waals surface area contributed by atoms with Gasteiger partial charge < -0.3 is 20.5 Å². The van der Waals surface area contributed by atoms with Gasteiger partial charge in [0, 0.05) is 19.1 Å². The number of rotatable bonds is 9. The number of carboxylic acids is 1. The van der Waals surface area contributed by atoms with Crippen molar-refractivity contribution >= 4 is 12.0 Å². The van der Waals surface area contributed by atoms with Crippen molar-refractivity contribution in [2.45, 2.75) is 50.3 Å². The number of carboxylic acid groups (broad SMARTS) is 1. The molecule has 29 heavy (non-hydrogen) atoms. The Kier molecular flexibility index (Phi) is 7.64. The summed E-state index contributed by atoms with van der Waals surface area (Å²) < 4.78 is 5.83. The van der Waals surface area contributed by atoms with Crippen LogP contribution in [0.2, 0.25) is 0 Å². The molecule has 1 heterocycles. The number of amides is 2. The van der Waals surface area contributed by atoms with Crippen LogP contribution < -0.4 is 10.6 Å². The predicted molar refractivity (Wildman–Crippen MR) is 111 cm³/mol. The SMILES string of the molecule is O=C(O)CCC(Cc1ccccc1)NC(=O)NC(c1ccccc1)C1CCCO1. The first-order valence-electron chi connectivity index (χ1n) is 10.1. The predicted octanol–water partition coefficient (Wildman–Crippen LogP) is 3.68. The van der Waals surface area contributed by atoms with E-state index in [9.17, 15) is 9.59 Å². The van der Waals surface area contributed by atoms with Gasteiger partial charge in [-0.1, -0.05) is 60.7 Å². The van der Waals surface area contributed by atoms with Crippen LogP contribution in [0.15, 0.2) is 60.7 Å². The second kappa shape index (κ2) is 10.6. The van der Waals surface area contributed by atoms with Crippen LogP contribution in [0.5, 0.6) is 0 Å². The summed E-state index contributed by atoms with van der Waals surface area (Å²) in [5, 5.41) is 15.1. The van der Waals surface area contributed by atoms with Crippen molar-refractivity contribution in [2.75, 3.05) is 6.61 Å². The molecule has 1 saturated heterocycles. The van der Waals surface area contributed by atoms with Crippen molar-refractivity contribution in [1.82, 2.24) is 10.6 Å². The van der Waals surface area contributed by atoms with Gasteiger partial charge in [-0.05, 0) is 36.8 Å². The summed E-state index contributed by atoms with van der Waals surface area (Å²) in [6, 6.07) is 18.8. The zero-order chi connectivity index (χ0) is 20.5. The number of nitrogens with one attached hydrogen (secondary N) is 2. The lowest BCUT2D eigenvalue weighted by molar-refractivity contribution is -0.137. The van der Waals surface area contributed by atoms with Gasteiger partial charge in [-0.2, -0.15) is 0 Å². The van der Waals surface area contributed by atoms with Crippen LogP contribution in [0.3, 0.4) is 0 Å². The van der Waals surface area contributed by atoms with E-state index in [0.717, 1.165) is 24.0 Å². The summed E-state index contributed by atoms with van der Waals surface area (Å²) in [6.07, 6.45) is 2.77. The summed E-state index contributed by atoms with van der Waals surface area (Å²) in [4.78, 5) is 23.8. The monoisotopic (exact) mass is 396 g/mol. The van der Waals surface area contributed by atoms with E-state index in [-0.39, 0.29) is 30.6 Å². The highest BCUT2D eigenvalue weighted by Crippen LogP contribution is 2.26. The van der Waals surface area contributed by atoms with Crippen LogP contribution in [0.25, 0.3) is 0 Å². The number of hydrogen-bond donors (Lipinski definition) is 3. The molecule has 1 aliphatic heterocycles. The lowest BCUT2D eigenvalue weighted by Gasteiger charge is -2.26. The molecule has 2 aromatic rings. The van der Waals surface area contributed by atoms with Gasteiger partial charge >= 0.3 is 12.0 Å². The third-order valence-corrected chi connectivity index (χ3v) is 5.15. The zero-order valence-corrected chi connectivity index (χ0v) is 16.4. The van der Waals surface area contributed by atoms with E-state index in [1.54, 1.807) is 0 Å². The Morgan fingerprint density at radius 1 is 1.03 bits per heavy atom. The van der Waals surface area contributed by atoms with Gasteiger partial charge in [-0.3, -0.25) is 4.79 Å². The van der Waals surface area contributed by atoms with E-state index in [1.807, 2.05) is 60.7 Å². The minimum absolute atomic E-state index is 0.00559. The van der Waals surface area contributed by atoms with Crippen LogP contribution in [0.4, 0.5) is 4.79 Å². The average molecular weight is 396 g/mol. The van der Waals surface area contributed by atoms with Crippen molar-refractivity contribution in [1.29, 1.82) is 0 Å². The number of carbonyl (C=O) groups is 2. The fourth-order valence-corrected chi connectivity index (χ4v) is 3.71. The first-order valence-corrected chi connectivity index (χ1v) is 10.1. The van der Waals surface area contributed by atoms with E-state index in [1.165, 1.54) is 0 Å². The highest BCUT2D eigenvalue weighted by Gasteiger charge is 2.29. The Morgan fingerprint density at radius 2 is 1.72 bits per heavy atom. The van der Waals surface area contributed by atoms with Crippen LogP contribution in [0, 0.1) is 0 Å². The van der Waals surface area contributed by atoms with E-state index < -0.39 is 5.97 Å². The minimum Gasteiger partial charge on any atom is -0.481 e. The average Bonchev–Trinajstić information content (AvgIpc) is 3.26. The van der Waals surface area contributed by atoms with Crippen LogP contribution in [0.1, 0.15) is 42.9 Å². The molecule has 1 aliphatic rings. The van der Waals surface area contributed by atoms with E-state index >= 15 is 0 Å². The number of ether oxygens (including phenoxy) is 1. The molecular weight excluding hydrogens is 368 g/mol. The van der Waals surface area contributed by atoms with Gasteiger partial charge in [0.1, 0.15) is 0 Å². The number of aliphatic carboxylic acids is 1. The first kappa shape index (κ1) is 20.9. The summed E-state index contributed by atoms with van der Waals surface area (Å²) >= 11 is 0. The van der Waals surface area contributed by atoms with E-state index in [0.29, 0.717) is 19.4 Å². The fourth-order valence-electron chi connectivity index (χ4n) is 3.71. The Labute approximate surface area is 171 Å². The molecule has 6 nitrogen and oxygen atoms in total. The standard InChI is InChI=1S/C23H28N2O4/c26-21(27)14-13-19(16-17-8-3-1-4-9-17)24-23(28)25-22(20-12-7-15-29-20)18-10-5-2-6-11-18/h1-6,8-11,19-20,22H,7,12-16H2,(H,26,27)(H2,24,25,28). The molecule has 6 heteroatoms. The van der Waals surface area contributed by atoms with Crippen molar-refractivity contribution in [3.05, 3.63) is 71.8 Å². The van der Waals surface area contributed by atoms with E-state index in [4.69, 9.17) is 9.84 Å². The number of hydrogen-bond acceptors (Lipinski definition) is 3. The number of urea groups is 1. The lowest BCUT2D eigenvalue weighted by Crippen LogP contribution is -2.47. The molecule has 0 aliphatic carbocycles. The van der Waals surface area contributed by atoms with Crippen LogP contribution >= 0.6 is 0 Å². The maximum Gasteiger partial charge on any atom is 0.315 e. The molecule has 3 N–H and O–H groups in total. The Hall–Kier alpha value is -2.86. The zero-order valence-electron chi connectivity index (χ0n) is 16.4. The molecule has 1 fully saturated rings. The highest BCUT2D eigenvalue weighted by molar-refractivity contribution is 5.75. The molecule has 2 amide bonds. The number of benzene rings is 2. The fraction of sp³-hybridized carbons (Fsp3) is 0.391. The third kappa shape index (κ3) is 6.61. The minimum atomic E-state index is -0.869. The molecule has 3 atom stereocenters. The first-order chi connectivity index (χ1) is 14.1. The Balaban J connectivity index is 1.66. The molecule has 2 aromatic carbocycles. The quantitative estimate of drug-likeness (QED) is 0.603. The molecule has 0 radical (unpaired) electrons. The molecule has 154 valence electrons. The number of carbonyl (C=O) groups excluding carboxylic acids is 1. The molecule has 3 unspecified atom stereocenters. The van der Waals surface area contributed by atoms with Crippen molar-refractivity contribution < 1.29 is 19.4 Å². The molecule has 0 saturated carbocycles. The van der Waals surface area contributed by atoms with Gasteiger partial charge in [0.05, 0.1) is 12.1 Å². The lowest BCUT2D eigenvalue weighted by atomic mass is 9.99. The largest absolute Gasteiger partial charge is 0.481 e. The van der Waals surface area contributed by atoms with Gasteiger partial charge in [0.25, 0.3) is 0 Å². The molecule has 3 rings (SSSR count). The maximum absolute atomic E-state index is 12.8. The highest BCUT2D eigenvalue weighted by atomic mass is 16.5. The normalized spacial score (nSPS) is 18.0. The van der Waals surface area contributed by atoms with Gasteiger partial charge in [-0.15, -0.1) is 0 Å². The Morgan fingerprint density at radius 3 is 2.34 bits per heavy atom. The van der Waals surface area contributed by atoms with Crippen molar-refractivity contribution in [3.63, 3.8) is 0 Å². The summed E-state index contributed by atoms with van der Waals surface area (Å²) in [7, 11) is 0. The topological polar surface area (TPSA) is 87.7 Å². The third-order valence-electron chi connectivity index (χ3n) is 5.15. The summed E-state index contributed by atoms with van der Waals surface area (Å²) in [5.41, 5.74) is 2.06. The molecule has 0 aromatic heterocycles. The molecular formula is C23H28N2O4. The summed E-state index contributed by atoms with van der Waals surface area (Å²) in [5.74, 6) is -0.869. The van der Waals surface area contributed by atoms with Crippen LogP contribution in [-0.2, 0) is 16.0 Å². The molecule has 0 bridgehead atoms.